The van der Waals surface area contributed by atoms with Gasteiger partial charge in [0.05, 0.1) is 5.52 Å². The highest BCUT2D eigenvalue weighted by atomic mass is 16.3. The number of piperidine rings is 1. The SMILES string of the molecule is CNc1nc(N2CCCC(CCO)C2)c2ccccc2n1. The molecule has 1 aliphatic heterocycles. The highest BCUT2D eigenvalue weighted by Gasteiger charge is 2.22. The van der Waals surface area contributed by atoms with E-state index in [0.717, 1.165) is 42.7 Å². The molecule has 2 N–H and O–H groups in total. The summed E-state index contributed by atoms with van der Waals surface area (Å²) < 4.78 is 0. The van der Waals surface area contributed by atoms with Crippen molar-refractivity contribution in [2.45, 2.75) is 19.3 Å². The van der Waals surface area contributed by atoms with Crippen LogP contribution in [-0.2, 0) is 0 Å². The highest BCUT2D eigenvalue weighted by Crippen LogP contribution is 2.29. The first kappa shape index (κ1) is 14.1. The van der Waals surface area contributed by atoms with Gasteiger partial charge in [0.15, 0.2) is 0 Å². The molecule has 1 atom stereocenters. The van der Waals surface area contributed by atoms with Crippen molar-refractivity contribution in [2.24, 2.45) is 5.92 Å². The van der Waals surface area contributed by atoms with E-state index in [-0.39, 0.29) is 6.61 Å². The van der Waals surface area contributed by atoms with Crippen LogP contribution in [0.2, 0.25) is 0 Å². The van der Waals surface area contributed by atoms with E-state index in [2.05, 4.69) is 26.3 Å². The lowest BCUT2D eigenvalue weighted by Gasteiger charge is -2.34. The fourth-order valence-electron chi connectivity index (χ4n) is 3.09. The number of hydrogen-bond donors (Lipinski definition) is 2. The smallest absolute Gasteiger partial charge is 0.224 e. The third-order valence-electron chi connectivity index (χ3n) is 4.16. The predicted molar refractivity (Wildman–Crippen MR) is 85.7 cm³/mol. The van der Waals surface area contributed by atoms with E-state index in [4.69, 9.17) is 0 Å². The molecule has 2 aromatic rings. The number of hydrogen-bond acceptors (Lipinski definition) is 5. The van der Waals surface area contributed by atoms with Gasteiger partial charge in [-0.2, -0.15) is 4.98 Å². The molecule has 5 nitrogen and oxygen atoms in total. The average molecular weight is 286 g/mol. The maximum absolute atomic E-state index is 9.18. The van der Waals surface area contributed by atoms with Crippen molar-refractivity contribution in [1.29, 1.82) is 0 Å². The summed E-state index contributed by atoms with van der Waals surface area (Å²) >= 11 is 0. The number of nitrogens with one attached hydrogen (secondary N) is 1. The van der Waals surface area contributed by atoms with Gasteiger partial charge >= 0.3 is 0 Å². The molecule has 0 radical (unpaired) electrons. The molecule has 1 aliphatic rings. The molecular formula is C16H22N4O. The second-order valence-corrected chi connectivity index (χ2v) is 5.60. The van der Waals surface area contributed by atoms with E-state index >= 15 is 0 Å². The molecule has 1 aromatic carbocycles. The van der Waals surface area contributed by atoms with Crippen molar-refractivity contribution in [3.63, 3.8) is 0 Å². The number of rotatable bonds is 4. The Balaban J connectivity index is 1.98. The fourth-order valence-corrected chi connectivity index (χ4v) is 3.09. The highest BCUT2D eigenvalue weighted by molar-refractivity contribution is 5.90. The maximum Gasteiger partial charge on any atom is 0.224 e. The van der Waals surface area contributed by atoms with Gasteiger partial charge in [-0.1, -0.05) is 12.1 Å². The Morgan fingerprint density at radius 1 is 1.33 bits per heavy atom. The van der Waals surface area contributed by atoms with Crippen LogP contribution < -0.4 is 10.2 Å². The van der Waals surface area contributed by atoms with Crippen LogP contribution in [0.5, 0.6) is 0 Å². The standard InChI is InChI=1S/C16H22N4O/c1-17-16-18-14-7-3-2-6-13(14)15(19-16)20-9-4-5-12(11-20)8-10-21/h2-3,6-7,12,21H,4-5,8-11H2,1H3,(H,17,18,19). The number of fused-ring (bicyclic) bond motifs is 1. The van der Waals surface area contributed by atoms with Crippen LogP contribution in [0.25, 0.3) is 10.9 Å². The van der Waals surface area contributed by atoms with Crippen LogP contribution in [0, 0.1) is 5.92 Å². The summed E-state index contributed by atoms with van der Waals surface area (Å²) in [5.41, 5.74) is 0.969. The van der Waals surface area contributed by atoms with E-state index in [1.807, 2.05) is 25.2 Å². The quantitative estimate of drug-likeness (QED) is 0.903. The molecule has 0 aliphatic carbocycles. The van der Waals surface area contributed by atoms with Crippen molar-refractivity contribution in [1.82, 2.24) is 9.97 Å². The largest absolute Gasteiger partial charge is 0.396 e. The Hall–Kier alpha value is -1.88. The van der Waals surface area contributed by atoms with E-state index in [1.54, 1.807) is 0 Å². The Kier molecular flexibility index (Phi) is 4.20. The molecule has 5 heteroatoms. The van der Waals surface area contributed by atoms with Crippen LogP contribution in [0.4, 0.5) is 11.8 Å². The number of nitrogens with zero attached hydrogens (tertiary/aromatic N) is 3. The molecule has 1 unspecified atom stereocenters. The van der Waals surface area contributed by atoms with Crippen molar-refractivity contribution in [3.8, 4) is 0 Å². The summed E-state index contributed by atoms with van der Waals surface area (Å²) in [7, 11) is 1.85. The number of aromatic nitrogens is 2. The second kappa shape index (κ2) is 6.26. The normalized spacial score (nSPS) is 19.0. The van der Waals surface area contributed by atoms with Crippen LogP contribution in [-0.4, -0.2) is 41.8 Å². The second-order valence-electron chi connectivity index (χ2n) is 5.60. The number of anilines is 2. The number of para-hydroxylation sites is 1. The lowest BCUT2D eigenvalue weighted by atomic mass is 9.95. The van der Waals surface area contributed by atoms with Gasteiger partial charge in [0, 0.05) is 32.1 Å². The molecule has 1 aromatic heterocycles. The summed E-state index contributed by atoms with van der Waals surface area (Å²) in [6, 6.07) is 8.14. The fraction of sp³-hybridized carbons (Fsp3) is 0.500. The van der Waals surface area contributed by atoms with Gasteiger partial charge in [-0.3, -0.25) is 0 Å². The van der Waals surface area contributed by atoms with Gasteiger partial charge in [0.25, 0.3) is 0 Å². The molecule has 0 amide bonds. The van der Waals surface area contributed by atoms with Crippen molar-refractivity contribution in [3.05, 3.63) is 24.3 Å². The van der Waals surface area contributed by atoms with Gasteiger partial charge < -0.3 is 15.3 Å². The lowest BCUT2D eigenvalue weighted by molar-refractivity contribution is 0.244. The summed E-state index contributed by atoms with van der Waals surface area (Å²) in [5, 5.41) is 13.3. The lowest BCUT2D eigenvalue weighted by Crippen LogP contribution is -2.36. The zero-order valence-corrected chi connectivity index (χ0v) is 12.4. The zero-order chi connectivity index (χ0) is 14.7. The van der Waals surface area contributed by atoms with Crippen molar-refractivity contribution >= 4 is 22.7 Å². The van der Waals surface area contributed by atoms with Crippen LogP contribution in [0.15, 0.2) is 24.3 Å². The Labute approximate surface area is 125 Å². The topological polar surface area (TPSA) is 61.3 Å². The van der Waals surface area contributed by atoms with E-state index < -0.39 is 0 Å². The monoisotopic (exact) mass is 286 g/mol. The molecule has 3 rings (SSSR count). The minimum atomic E-state index is 0.269. The summed E-state index contributed by atoms with van der Waals surface area (Å²) in [5.74, 6) is 2.22. The molecule has 1 saturated heterocycles. The minimum absolute atomic E-state index is 0.269. The van der Waals surface area contributed by atoms with E-state index in [9.17, 15) is 5.11 Å². The predicted octanol–water partition coefficient (Wildman–Crippen LogP) is 2.27. The summed E-state index contributed by atoms with van der Waals surface area (Å²) in [4.78, 5) is 11.5. The molecule has 1 fully saturated rings. The van der Waals surface area contributed by atoms with Crippen molar-refractivity contribution < 1.29 is 5.11 Å². The zero-order valence-electron chi connectivity index (χ0n) is 12.4. The third kappa shape index (κ3) is 2.93. The first-order chi connectivity index (χ1) is 10.3. The molecule has 0 bridgehead atoms. The van der Waals surface area contributed by atoms with E-state index in [1.165, 1.54) is 6.42 Å². The molecule has 2 heterocycles. The summed E-state index contributed by atoms with van der Waals surface area (Å²) in [6.07, 6.45) is 3.22. The Morgan fingerprint density at radius 3 is 3.00 bits per heavy atom. The van der Waals surface area contributed by atoms with Gasteiger partial charge in [-0.05, 0) is 37.3 Å². The first-order valence-electron chi connectivity index (χ1n) is 7.62. The third-order valence-corrected chi connectivity index (χ3v) is 4.16. The van der Waals surface area contributed by atoms with Crippen molar-refractivity contribution in [2.75, 3.05) is 37.0 Å². The van der Waals surface area contributed by atoms with Gasteiger partial charge in [-0.15, -0.1) is 0 Å². The van der Waals surface area contributed by atoms with Crippen LogP contribution in [0.1, 0.15) is 19.3 Å². The maximum atomic E-state index is 9.18. The van der Waals surface area contributed by atoms with Crippen LogP contribution in [0.3, 0.4) is 0 Å². The molecule has 112 valence electrons. The van der Waals surface area contributed by atoms with Crippen LogP contribution >= 0.6 is 0 Å². The molecule has 21 heavy (non-hydrogen) atoms. The Morgan fingerprint density at radius 2 is 2.19 bits per heavy atom. The first-order valence-corrected chi connectivity index (χ1v) is 7.62. The van der Waals surface area contributed by atoms with Gasteiger partial charge in [0.2, 0.25) is 5.95 Å². The van der Waals surface area contributed by atoms with E-state index in [0.29, 0.717) is 11.9 Å². The van der Waals surface area contributed by atoms with Gasteiger partial charge in [-0.25, -0.2) is 4.98 Å². The summed E-state index contributed by atoms with van der Waals surface area (Å²) in [6.45, 7) is 2.25. The number of aliphatic hydroxyl groups is 1. The Bertz CT molecular complexity index is 614. The van der Waals surface area contributed by atoms with Gasteiger partial charge in [0.1, 0.15) is 5.82 Å². The molecule has 0 spiro atoms. The minimum Gasteiger partial charge on any atom is -0.396 e. The number of benzene rings is 1. The number of aliphatic hydroxyl groups excluding tert-OH is 1. The average Bonchev–Trinajstić information content (AvgIpc) is 2.54. The molecule has 0 saturated carbocycles. The molecular weight excluding hydrogens is 264 g/mol.